The molecule has 0 radical (unpaired) electrons. The number of sulfonamides is 1. The van der Waals surface area contributed by atoms with Crippen molar-refractivity contribution >= 4 is 60.1 Å². The standard InChI is InChI=1S/C25H19BrClNO4S/c26-17-7-12-20(13-8-17)33(30,31)28(25(29)16-5-9-18(27)10-6-16)19-11-14-24-22(15-19)21-3-1-2-4-23(21)32-24/h5-15H,1-4H2. The average Bonchev–Trinajstić information content (AvgIpc) is 3.18. The topological polar surface area (TPSA) is 67.6 Å². The molecule has 168 valence electrons. The predicted molar refractivity (Wildman–Crippen MR) is 132 cm³/mol. The van der Waals surface area contributed by atoms with Crippen molar-refractivity contribution in [2.24, 2.45) is 0 Å². The van der Waals surface area contributed by atoms with Crippen LogP contribution in [0.1, 0.15) is 34.5 Å². The number of carbonyl (C=O) groups is 1. The summed E-state index contributed by atoms with van der Waals surface area (Å²) in [4.78, 5) is 13.6. The molecule has 0 fully saturated rings. The summed E-state index contributed by atoms with van der Waals surface area (Å²) in [7, 11) is -4.20. The van der Waals surface area contributed by atoms with Crippen LogP contribution in [0, 0.1) is 0 Å². The fourth-order valence-electron chi connectivity index (χ4n) is 4.16. The van der Waals surface area contributed by atoms with E-state index in [2.05, 4.69) is 15.9 Å². The molecule has 5 rings (SSSR count). The van der Waals surface area contributed by atoms with E-state index in [4.69, 9.17) is 16.0 Å². The van der Waals surface area contributed by atoms with Gasteiger partial charge in [0.05, 0.1) is 10.6 Å². The Morgan fingerprint density at radius 2 is 1.64 bits per heavy atom. The van der Waals surface area contributed by atoms with E-state index in [1.807, 2.05) is 0 Å². The highest BCUT2D eigenvalue weighted by molar-refractivity contribution is 9.10. The molecule has 8 heteroatoms. The van der Waals surface area contributed by atoms with Crippen molar-refractivity contribution in [2.45, 2.75) is 30.6 Å². The van der Waals surface area contributed by atoms with Gasteiger partial charge in [-0.3, -0.25) is 4.79 Å². The molecule has 0 saturated heterocycles. The minimum absolute atomic E-state index is 0.0160. The minimum atomic E-state index is -4.20. The van der Waals surface area contributed by atoms with Gasteiger partial charge in [0.15, 0.2) is 0 Å². The Bertz CT molecular complexity index is 1460. The molecule has 1 amide bonds. The van der Waals surface area contributed by atoms with Crippen LogP contribution < -0.4 is 4.31 Å². The minimum Gasteiger partial charge on any atom is -0.461 e. The first-order chi connectivity index (χ1) is 15.8. The van der Waals surface area contributed by atoms with E-state index in [0.717, 1.165) is 51.2 Å². The van der Waals surface area contributed by atoms with Gasteiger partial charge in [-0.15, -0.1) is 0 Å². The maximum absolute atomic E-state index is 13.7. The smallest absolute Gasteiger partial charge is 0.272 e. The quantitative estimate of drug-likeness (QED) is 0.285. The molecule has 1 heterocycles. The molecule has 0 aliphatic heterocycles. The lowest BCUT2D eigenvalue weighted by atomic mass is 9.96. The van der Waals surface area contributed by atoms with Crippen molar-refractivity contribution in [3.63, 3.8) is 0 Å². The van der Waals surface area contributed by atoms with Crippen molar-refractivity contribution < 1.29 is 17.6 Å². The highest BCUT2D eigenvalue weighted by Crippen LogP contribution is 2.36. The highest BCUT2D eigenvalue weighted by Gasteiger charge is 2.32. The van der Waals surface area contributed by atoms with Crippen LogP contribution in [0.4, 0.5) is 5.69 Å². The van der Waals surface area contributed by atoms with E-state index in [1.54, 1.807) is 42.5 Å². The molecule has 0 atom stereocenters. The van der Waals surface area contributed by atoms with Crippen LogP contribution in [0.3, 0.4) is 0 Å². The van der Waals surface area contributed by atoms with Crippen LogP contribution in [0.5, 0.6) is 0 Å². The summed E-state index contributed by atoms with van der Waals surface area (Å²) in [5, 5.41) is 1.31. The van der Waals surface area contributed by atoms with Gasteiger partial charge in [-0.25, -0.2) is 8.42 Å². The number of hydrogen-bond donors (Lipinski definition) is 0. The first-order valence-electron chi connectivity index (χ1n) is 10.5. The summed E-state index contributed by atoms with van der Waals surface area (Å²) in [6, 6.07) is 17.5. The average molecular weight is 545 g/mol. The van der Waals surface area contributed by atoms with Crippen LogP contribution in [0.25, 0.3) is 11.0 Å². The molecule has 0 spiro atoms. The third kappa shape index (κ3) is 4.09. The van der Waals surface area contributed by atoms with E-state index in [-0.39, 0.29) is 16.1 Å². The van der Waals surface area contributed by atoms with Gasteiger partial charge >= 0.3 is 0 Å². The fourth-order valence-corrected chi connectivity index (χ4v) is 5.96. The normalized spacial score (nSPS) is 13.6. The van der Waals surface area contributed by atoms with E-state index in [0.29, 0.717) is 10.6 Å². The molecule has 0 unspecified atom stereocenters. The fraction of sp³-hybridized carbons (Fsp3) is 0.160. The number of furan rings is 1. The van der Waals surface area contributed by atoms with Crippen LogP contribution >= 0.6 is 27.5 Å². The Balaban J connectivity index is 1.69. The molecule has 4 aromatic rings. The Morgan fingerprint density at radius 1 is 0.939 bits per heavy atom. The lowest BCUT2D eigenvalue weighted by Gasteiger charge is -2.23. The zero-order chi connectivity index (χ0) is 23.2. The summed E-state index contributed by atoms with van der Waals surface area (Å²) in [5.74, 6) is 0.283. The molecule has 5 nitrogen and oxygen atoms in total. The number of benzene rings is 3. The number of carbonyl (C=O) groups excluding carboxylic acids is 1. The molecule has 0 saturated carbocycles. The van der Waals surface area contributed by atoms with Crippen LogP contribution in [-0.4, -0.2) is 14.3 Å². The van der Waals surface area contributed by atoms with E-state index in [1.165, 1.54) is 24.3 Å². The van der Waals surface area contributed by atoms with Crippen LogP contribution in [0.2, 0.25) is 5.02 Å². The molecule has 1 aromatic heterocycles. The number of aryl methyl sites for hydroxylation is 2. The second-order valence-corrected chi connectivity index (χ2v) is 11.1. The Morgan fingerprint density at radius 3 is 2.36 bits per heavy atom. The molecule has 3 aromatic carbocycles. The number of nitrogens with zero attached hydrogens (tertiary/aromatic N) is 1. The third-order valence-corrected chi connectivity index (χ3v) is 8.31. The number of amides is 1. The van der Waals surface area contributed by atoms with Crippen molar-refractivity contribution in [1.29, 1.82) is 0 Å². The Hall–Kier alpha value is -2.61. The Labute approximate surface area is 205 Å². The molecule has 0 N–H and O–H groups in total. The number of fused-ring (bicyclic) bond motifs is 3. The van der Waals surface area contributed by atoms with Gasteiger partial charge in [0.1, 0.15) is 11.3 Å². The van der Waals surface area contributed by atoms with E-state index < -0.39 is 15.9 Å². The number of hydrogen-bond acceptors (Lipinski definition) is 4. The van der Waals surface area contributed by atoms with Gasteiger partial charge in [-0.05, 0) is 86.0 Å². The van der Waals surface area contributed by atoms with Gasteiger partial charge in [-0.2, -0.15) is 4.31 Å². The summed E-state index contributed by atoms with van der Waals surface area (Å²) in [5.41, 5.74) is 2.28. The van der Waals surface area contributed by atoms with Gasteiger partial charge in [0.25, 0.3) is 15.9 Å². The van der Waals surface area contributed by atoms with Gasteiger partial charge in [0, 0.05) is 32.4 Å². The molecule has 1 aliphatic carbocycles. The van der Waals surface area contributed by atoms with Crippen LogP contribution in [0.15, 0.2) is 80.5 Å². The first kappa shape index (κ1) is 22.2. The first-order valence-corrected chi connectivity index (χ1v) is 13.1. The zero-order valence-corrected chi connectivity index (χ0v) is 20.6. The van der Waals surface area contributed by atoms with E-state index >= 15 is 0 Å². The van der Waals surface area contributed by atoms with E-state index in [9.17, 15) is 13.2 Å². The molecule has 1 aliphatic rings. The van der Waals surface area contributed by atoms with Crippen molar-refractivity contribution in [1.82, 2.24) is 0 Å². The molecular formula is C25H19BrClNO4S. The predicted octanol–water partition coefficient (Wildman–Crippen LogP) is 6.76. The van der Waals surface area contributed by atoms with Gasteiger partial charge < -0.3 is 4.42 Å². The summed E-state index contributed by atoms with van der Waals surface area (Å²) >= 11 is 9.30. The number of anilines is 1. The molecule has 33 heavy (non-hydrogen) atoms. The van der Waals surface area contributed by atoms with Crippen molar-refractivity contribution in [3.8, 4) is 0 Å². The number of rotatable bonds is 4. The Kier molecular flexibility index (Phi) is 5.80. The van der Waals surface area contributed by atoms with Crippen molar-refractivity contribution in [2.75, 3.05) is 4.31 Å². The van der Waals surface area contributed by atoms with Gasteiger partial charge in [-0.1, -0.05) is 27.5 Å². The summed E-state index contributed by atoms with van der Waals surface area (Å²) in [6.45, 7) is 0. The summed E-state index contributed by atoms with van der Waals surface area (Å²) in [6.07, 6.45) is 3.86. The largest absolute Gasteiger partial charge is 0.461 e. The second kappa shape index (κ2) is 8.63. The van der Waals surface area contributed by atoms with Crippen molar-refractivity contribution in [3.05, 3.63) is 93.1 Å². The SMILES string of the molecule is O=C(c1ccc(Cl)cc1)N(c1ccc2oc3c(c2c1)CCCC3)S(=O)(=O)c1ccc(Br)cc1. The molecule has 0 bridgehead atoms. The molecular weight excluding hydrogens is 526 g/mol. The summed E-state index contributed by atoms with van der Waals surface area (Å²) < 4.78 is 35.1. The lowest BCUT2D eigenvalue weighted by molar-refractivity contribution is 0.101. The lowest BCUT2D eigenvalue weighted by Crippen LogP contribution is -2.37. The maximum Gasteiger partial charge on any atom is 0.272 e. The number of halogens is 2. The highest BCUT2D eigenvalue weighted by atomic mass is 79.9. The van der Waals surface area contributed by atoms with Gasteiger partial charge in [0.2, 0.25) is 0 Å². The monoisotopic (exact) mass is 543 g/mol. The van der Waals surface area contributed by atoms with Crippen LogP contribution in [-0.2, 0) is 22.9 Å². The zero-order valence-electron chi connectivity index (χ0n) is 17.4. The maximum atomic E-state index is 13.7. The third-order valence-electron chi connectivity index (χ3n) is 5.80. The second-order valence-electron chi connectivity index (χ2n) is 7.93.